The second-order valence-corrected chi connectivity index (χ2v) is 6.97. The number of fused-ring (bicyclic) bond motifs is 3. The monoisotopic (exact) mass is 374 g/mol. The predicted octanol–water partition coefficient (Wildman–Crippen LogP) is 4.94. The third-order valence-electron chi connectivity index (χ3n) is 3.73. The van der Waals surface area contributed by atoms with Crippen LogP contribution in [-0.4, -0.2) is 13.2 Å². The fraction of sp³-hybridized carbons (Fsp3) is 0.571. The second-order valence-electron chi connectivity index (χ2n) is 5.01. The van der Waals surface area contributed by atoms with E-state index in [-0.39, 0.29) is 0 Å². The molecule has 0 radical (unpaired) electrons. The number of alkyl halides is 1. The quantitative estimate of drug-likeness (QED) is 0.597. The summed E-state index contributed by atoms with van der Waals surface area (Å²) in [7, 11) is 0. The van der Waals surface area contributed by atoms with Gasteiger partial charge in [-0.2, -0.15) is 0 Å². The molecular formula is C14H16Br2O2. The van der Waals surface area contributed by atoms with Gasteiger partial charge in [-0.25, -0.2) is 0 Å². The molecule has 0 saturated heterocycles. The summed E-state index contributed by atoms with van der Waals surface area (Å²) < 4.78 is 12.9. The van der Waals surface area contributed by atoms with Gasteiger partial charge in [-0.15, -0.1) is 0 Å². The standard InChI is InChI=1S/C14H16Br2O2/c1-8-3-4-9(15)13-12(8)10(16)7-11-14(13)18-6-2-5-17-11/h7-9H,2-6H2,1H3. The Kier molecular flexibility index (Phi) is 3.59. The van der Waals surface area contributed by atoms with Crippen LogP contribution in [0.1, 0.15) is 48.1 Å². The summed E-state index contributed by atoms with van der Waals surface area (Å²) in [6.07, 6.45) is 3.31. The van der Waals surface area contributed by atoms with Gasteiger partial charge in [-0.1, -0.05) is 38.8 Å². The van der Waals surface area contributed by atoms with Gasteiger partial charge in [-0.3, -0.25) is 0 Å². The van der Waals surface area contributed by atoms with E-state index < -0.39 is 0 Å². The Morgan fingerprint density at radius 1 is 1.17 bits per heavy atom. The lowest BCUT2D eigenvalue weighted by Gasteiger charge is -2.30. The lowest BCUT2D eigenvalue weighted by Crippen LogP contribution is -2.12. The topological polar surface area (TPSA) is 18.5 Å². The van der Waals surface area contributed by atoms with Gasteiger partial charge in [-0.05, 0) is 30.4 Å². The molecule has 2 aliphatic rings. The van der Waals surface area contributed by atoms with Gasteiger partial charge in [0.15, 0.2) is 11.5 Å². The van der Waals surface area contributed by atoms with Crippen molar-refractivity contribution in [2.75, 3.05) is 13.2 Å². The van der Waals surface area contributed by atoms with Crippen molar-refractivity contribution in [3.05, 3.63) is 21.7 Å². The third kappa shape index (κ3) is 2.07. The van der Waals surface area contributed by atoms with Crippen molar-refractivity contribution < 1.29 is 9.47 Å². The highest BCUT2D eigenvalue weighted by Gasteiger charge is 2.31. The minimum Gasteiger partial charge on any atom is -0.490 e. The summed E-state index contributed by atoms with van der Waals surface area (Å²) in [5.74, 6) is 2.41. The van der Waals surface area contributed by atoms with Crippen LogP contribution in [0.3, 0.4) is 0 Å². The second kappa shape index (κ2) is 5.04. The number of halogens is 2. The van der Waals surface area contributed by atoms with Crippen molar-refractivity contribution in [3.63, 3.8) is 0 Å². The summed E-state index contributed by atoms with van der Waals surface area (Å²) in [5, 5.41) is 0. The van der Waals surface area contributed by atoms with Crippen LogP contribution in [0.25, 0.3) is 0 Å². The summed E-state index contributed by atoms with van der Waals surface area (Å²) in [5.41, 5.74) is 2.67. The van der Waals surface area contributed by atoms with E-state index in [0.717, 1.165) is 42.0 Å². The predicted molar refractivity (Wildman–Crippen MR) is 79.1 cm³/mol. The first-order valence-corrected chi connectivity index (χ1v) is 8.15. The molecule has 4 heteroatoms. The van der Waals surface area contributed by atoms with Crippen LogP contribution >= 0.6 is 31.9 Å². The molecule has 0 spiro atoms. The number of ether oxygens (including phenoxy) is 2. The zero-order chi connectivity index (χ0) is 12.7. The van der Waals surface area contributed by atoms with Crippen LogP contribution < -0.4 is 9.47 Å². The van der Waals surface area contributed by atoms with Crippen LogP contribution in [0.5, 0.6) is 11.5 Å². The maximum Gasteiger partial charge on any atom is 0.165 e. The first kappa shape index (κ1) is 12.8. The number of benzene rings is 1. The maximum absolute atomic E-state index is 5.94. The molecule has 3 rings (SSSR count). The van der Waals surface area contributed by atoms with E-state index in [0.29, 0.717) is 10.7 Å². The van der Waals surface area contributed by atoms with Gasteiger partial charge in [0, 0.05) is 21.3 Å². The Labute approximate surface area is 124 Å². The van der Waals surface area contributed by atoms with Gasteiger partial charge >= 0.3 is 0 Å². The van der Waals surface area contributed by atoms with E-state index in [9.17, 15) is 0 Å². The van der Waals surface area contributed by atoms with Crippen molar-refractivity contribution in [1.82, 2.24) is 0 Å². The molecule has 0 aromatic heterocycles. The molecule has 1 heterocycles. The fourth-order valence-electron chi connectivity index (χ4n) is 2.81. The molecule has 18 heavy (non-hydrogen) atoms. The number of rotatable bonds is 0. The molecule has 1 aromatic rings. The van der Waals surface area contributed by atoms with E-state index in [1.54, 1.807) is 0 Å². The number of hydrogen-bond acceptors (Lipinski definition) is 2. The average Bonchev–Trinajstić information content (AvgIpc) is 2.58. The summed E-state index contributed by atoms with van der Waals surface area (Å²) in [4.78, 5) is 0.372. The van der Waals surface area contributed by atoms with Gasteiger partial charge in [0.2, 0.25) is 0 Å². The smallest absolute Gasteiger partial charge is 0.165 e. The van der Waals surface area contributed by atoms with E-state index in [1.165, 1.54) is 17.5 Å². The van der Waals surface area contributed by atoms with Crippen molar-refractivity contribution in [1.29, 1.82) is 0 Å². The van der Waals surface area contributed by atoms with Gasteiger partial charge < -0.3 is 9.47 Å². The highest BCUT2D eigenvalue weighted by molar-refractivity contribution is 9.10. The lowest BCUT2D eigenvalue weighted by molar-refractivity contribution is 0.295. The van der Waals surface area contributed by atoms with Crippen LogP contribution in [0.4, 0.5) is 0 Å². The largest absolute Gasteiger partial charge is 0.490 e. The van der Waals surface area contributed by atoms with Crippen LogP contribution in [-0.2, 0) is 0 Å². The van der Waals surface area contributed by atoms with Crippen molar-refractivity contribution in [3.8, 4) is 11.5 Å². The molecule has 0 amide bonds. The molecule has 2 nitrogen and oxygen atoms in total. The summed E-state index contributed by atoms with van der Waals surface area (Å²) in [6, 6.07) is 2.07. The molecule has 98 valence electrons. The molecule has 0 N–H and O–H groups in total. The van der Waals surface area contributed by atoms with E-state index in [4.69, 9.17) is 9.47 Å². The van der Waals surface area contributed by atoms with Crippen LogP contribution in [0, 0.1) is 0 Å². The maximum atomic E-state index is 5.94. The van der Waals surface area contributed by atoms with Gasteiger partial charge in [0.1, 0.15) is 0 Å². The van der Waals surface area contributed by atoms with Gasteiger partial charge in [0.05, 0.1) is 13.2 Å². The fourth-order valence-corrected chi connectivity index (χ4v) is 4.34. The summed E-state index contributed by atoms with van der Waals surface area (Å²) >= 11 is 7.50. The third-order valence-corrected chi connectivity index (χ3v) is 5.30. The minimum atomic E-state index is 0.372. The van der Waals surface area contributed by atoms with Gasteiger partial charge in [0.25, 0.3) is 0 Å². The molecular weight excluding hydrogens is 360 g/mol. The van der Waals surface area contributed by atoms with Crippen molar-refractivity contribution in [2.24, 2.45) is 0 Å². The molecule has 0 saturated carbocycles. The Morgan fingerprint density at radius 3 is 2.78 bits per heavy atom. The zero-order valence-electron chi connectivity index (χ0n) is 10.3. The Bertz CT molecular complexity index is 473. The molecule has 2 unspecified atom stereocenters. The van der Waals surface area contributed by atoms with Crippen molar-refractivity contribution >= 4 is 31.9 Å². The van der Waals surface area contributed by atoms with E-state index in [1.807, 2.05) is 0 Å². The highest BCUT2D eigenvalue weighted by atomic mass is 79.9. The zero-order valence-corrected chi connectivity index (χ0v) is 13.5. The highest BCUT2D eigenvalue weighted by Crippen LogP contribution is 2.52. The first-order chi connectivity index (χ1) is 8.68. The molecule has 1 aromatic carbocycles. The van der Waals surface area contributed by atoms with E-state index in [2.05, 4.69) is 44.8 Å². The molecule has 1 aliphatic heterocycles. The number of hydrogen-bond donors (Lipinski definition) is 0. The molecule has 2 atom stereocenters. The molecule has 0 bridgehead atoms. The minimum absolute atomic E-state index is 0.372. The SMILES string of the molecule is CC1CCC(Br)c2c3c(cc(Br)c21)OCCCO3. The normalized spacial score (nSPS) is 26.4. The summed E-state index contributed by atoms with van der Waals surface area (Å²) in [6.45, 7) is 3.77. The Hall–Kier alpha value is -0.220. The van der Waals surface area contributed by atoms with Crippen molar-refractivity contribution in [2.45, 2.75) is 36.9 Å². The molecule has 1 aliphatic carbocycles. The molecule has 0 fully saturated rings. The Balaban J connectivity index is 2.21. The van der Waals surface area contributed by atoms with Crippen LogP contribution in [0.15, 0.2) is 10.5 Å². The Morgan fingerprint density at radius 2 is 1.94 bits per heavy atom. The first-order valence-electron chi connectivity index (χ1n) is 6.44. The average molecular weight is 376 g/mol. The van der Waals surface area contributed by atoms with E-state index >= 15 is 0 Å². The lowest BCUT2D eigenvalue weighted by atomic mass is 9.83. The van der Waals surface area contributed by atoms with Crippen LogP contribution in [0.2, 0.25) is 0 Å².